The Balaban J connectivity index is 1.48. The third-order valence-corrected chi connectivity index (χ3v) is 6.56. The monoisotopic (exact) mass is 539 g/mol. The van der Waals surface area contributed by atoms with Crippen LogP contribution >= 0.6 is 11.6 Å². The summed E-state index contributed by atoms with van der Waals surface area (Å²) in [6.45, 7) is 3.62. The van der Waals surface area contributed by atoms with Crippen molar-refractivity contribution in [2.75, 3.05) is 52.1 Å². The highest BCUT2D eigenvalue weighted by Crippen LogP contribution is 2.29. The summed E-state index contributed by atoms with van der Waals surface area (Å²) in [5.41, 5.74) is 10.1. The molecule has 0 bridgehead atoms. The molecular formula is C28H34ClN5O4. The number of para-hydroxylation sites is 1. The van der Waals surface area contributed by atoms with E-state index in [0.29, 0.717) is 30.5 Å². The molecule has 0 aliphatic heterocycles. The maximum atomic E-state index is 11.3. The molecule has 10 heteroatoms. The molecule has 0 aliphatic carbocycles. The number of esters is 1. The van der Waals surface area contributed by atoms with E-state index in [9.17, 15) is 4.79 Å². The van der Waals surface area contributed by atoms with Crippen LogP contribution in [0.4, 0.5) is 5.82 Å². The third-order valence-electron chi connectivity index (χ3n) is 6.39. The van der Waals surface area contributed by atoms with E-state index in [1.54, 1.807) is 7.11 Å². The number of hydrogen-bond donors (Lipinski definition) is 1. The van der Waals surface area contributed by atoms with Gasteiger partial charge in [-0.2, -0.15) is 0 Å². The Morgan fingerprint density at radius 3 is 2.61 bits per heavy atom. The fourth-order valence-electron chi connectivity index (χ4n) is 4.52. The highest BCUT2D eigenvalue weighted by atomic mass is 35.5. The maximum absolute atomic E-state index is 11.3. The second-order valence-electron chi connectivity index (χ2n) is 8.96. The van der Waals surface area contributed by atoms with Crippen molar-refractivity contribution in [1.82, 2.24) is 19.4 Å². The summed E-state index contributed by atoms with van der Waals surface area (Å²) < 4.78 is 17.7. The summed E-state index contributed by atoms with van der Waals surface area (Å²) in [6, 6.07) is 15.8. The number of benzene rings is 2. The van der Waals surface area contributed by atoms with Crippen molar-refractivity contribution in [3.8, 4) is 5.75 Å². The van der Waals surface area contributed by atoms with Gasteiger partial charge in [-0.1, -0.05) is 30.3 Å². The van der Waals surface area contributed by atoms with Crippen molar-refractivity contribution in [2.24, 2.45) is 0 Å². The molecule has 0 amide bonds. The Bertz CT molecular complexity index is 1360. The lowest BCUT2D eigenvalue weighted by Gasteiger charge is -2.22. The van der Waals surface area contributed by atoms with E-state index in [0.717, 1.165) is 65.9 Å². The number of imidazole rings is 1. The zero-order chi connectivity index (χ0) is 26.9. The normalized spacial score (nSPS) is 11.5. The topological polar surface area (TPSA) is 105 Å². The summed E-state index contributed by atoms with van der Waals surface area (Å²) in [4.78, 5) is 23.1. The number of nitrogens with two attached hydrogens (primary N) is 1. The lowest BCUT2D eigenvalue weighted by atomic mass is 10.2. The number of hydrogen-bond acceptors (Lipinski definition) is 8. The van der Waals surface area contributed by atoms with E-state index in [1.807, 2.05) is 42.5 Å². The minimum atomic E-state index is -0.412. The smallest absolute Gasteiger partial charge is 0.343 e. The molecule has 2 aromatic heterocycles. The summed E-state index contributed by atoms with van der Waals surface area (Å²) in [6.07, 6.45) is 1.59. The average Bonchev–Trinajstić information content (AvgIpc) is 3.30. The van der Waals surface area contributed by atoms with Crippen molar-refractivity contribution in [2.45, 2.75) is 25.9 Å². The van der Waals surface area contributed by atoms with Crippen LogP contribution in [0.5, 0.6) is 5.75 Å². The highest BCUT2D eigenvalue weighted by molar-refractivity contribution is 6.18. The molecular weight excluding hydrogens is 506 g/mol. The molecule has 2 aromatic carbocycles. The Labute approximate surface area is 227 Å². The largest absolute Gasteiger partial charge is 0.482 e. The van der Waals surface area contributed by atoms with E-state index in [-0.39, 0.29) is 6.61 Å². The van der Waals surface area contributed by atoms with Gasteiger partial charge in [-0.05, 0) is 30.2 Å². The summed E-state index contributed by atoms with van der Waals surface area (Å²) in [7, 11) is 3.03. The van der Waals surface area contributed by atoms with Gasteiger partial charge in [-0.25, -0.2) is 14.8 Å². The van der Waals surface area contributed by atoms with Gasteiger partial charge in [0.2, 0.25) is 0 Å². The van der Waals surface area contributed by atoms with E-state index in [1.165, 1.54) is 7.11 Å². The van der Waals surface area contributed by atoms with Crippen LogP contribution in [-0.4, -0.2) is 71.8 Å². The van der Waals surface area contributed by atoms with Crippen molar-refractivity contribution in [3.63, 3.8) is 0 Å². The first-order valence-corrected chi connectivity index (χ1v) is 13.2. The number of pyridine rings is 1. The van der Waals surface area contributed by atoms with Crippen molar-refractivity contribution < 1.29 is 19.0 Å². The van der Waals surface area contributed by atoms with Crippen LogP contribution in [0.15, 0.2) is 48.5 Å². The van der Waals surface area contributed by atoms with Crippen molar-refractivity contribution >= 4 is 45.3 Å². The molecule has 0 saturated carbocycles. The van der Waals surface area contributed by atoms with Gasteiger partial charge >= 0.3 is 5.97 Å². The lowest BCUT2D eigenvalue weighted by Crippen LogP contribution is -2.27. The van der Waals surface area contributed by atoms with Gasteiger partial charge in [0.15, 0.2) is 12.4 Å². The van der Waals surface area contributed by atoms with Gasteiger partial charge in [0.05, 0.1) is 24.8 Å². The van der Waals surface area contributed by atoms with Gasteiger partial charge in [-0.3, -0.25) is 4.90 Å². The molecule has 2 heterocycles. The fraction of sp³-hybridized carbons (Fsp3) is 0.393. The fourth-order valence-corrected chi connectivity index (χ4v) is 4.76. The molecule has 9 nitrogen and oxygen atoms in total. The lowest BCUT2D eigenvalue weighted by molar-refractivity contribution is -0.142. The van der Waals surface area contributed by atoms with E-state index >= 15 is 0 Å². The quantitative estimate of drug-likeness (QED) is 0.189. The van der Waals surface area contributed by atoms with Crippen LogP contribution < -0.4 is 10.5 Å². The number of aromatic nitrogens is 3. The number of nitrogen functional groups attached to an aromatic ring is 1. The van der Waals surface area contributed by atoms with E-state index in [4.69, 9.17) is 31.8 Å². The molecule has 0 fully saturated rings. The second kappa shape index (κ2) is 13.4. The van der Waals surface area contributed by atoms with Crippen LogP contribution in [0.3, 0.4) is 0 Å². The van der Waals surface area contributed by atoms with E-state index < -0.39 is 5.97 Å². The van der Waals surface area contributed by atoms with Gasteiger partial charge in [0, 0.05) is 51.0 Å². The molecule has 4 rings (SSSR count). The first kappa shape index (κ1) is 27.6. The predicted octanol–water partition coefficient (Wildman–Crippen LogP) is 4.04. The second-order valence-corrected chi connectivity index (χ2v) is 9.34. The number of methoxy groups -OCH3 is 2. The number of alkyl halides is 1. The van der Waals surface area contributed by atoms with Crippen molar-refractivity contribution in [3.05, 3.63) is 59.9 Å². The summed E-state index contributed by atoms with van der Waals surface area (Å²) in [5.74, 6) is 2.14. The zero-order valence-corrected chi connectivity index (χ0v) is 22.6. The number of anilines is 1. The van der Waals surface area contributed by atoms with Gasteiger partial charge < -0.3 is 24.5 Å². The number of carbonyl (C=O) groups excluding carboxylic acids is 1. The molecule has 0 atom stereocenters. The zero-order valence-electron chi connectivity index (χ0n) is 21.9. The number of ether oxygens (including phenoxy) is 3. The number of rotatable bonds is 14. The van der Waals surface area contributed by atoms with Crippen LogP contribution in [0, 0.1) is 0 Å². The minimum absolute atomic E-state index is 0.111. The van der Waals surface area contributed by atoms with Crippen LogP contribution in [0.2, 0.25) is 0 Å². The SMILES string of the molecule is COCCc1nc2c(N)nc3ccccc3c2n1CCCN(CCCl)Cc1ccc(OCC(=O)OC)cc1. The molecule has 0 aliphatic rings. The van der Waals surface area contributed by atoms with E-state index in [2.05, 4.69) is 25.3 Å². The summed E-state index contributed by atoms with van der Waals surface area (Å²) >= 11 is 6.14. The Kier molecular flexibility index (Phi) is 9.75. The Morgan fingerprint density at radius 1 is 1.08 bits per heavy atom. The van der Waals surface area contributed by atoms with Crippen LogP contribution in [0.25, 0.3) is 21.9 Å². The molecule has 38 heavy (non-hydrogen) atoms. The van der Waals surface area contributed by atoms with Gasteiger partial charge in [-0.15, -0.1) is 11.6 Å². The number of nitrogens with zero attached hydrogens (tertiary/aromatic N) is 4. The molecule has 4 aromatic rings. The third kappa shape index (κ3) is 6.72. The number of halogens is 1. The van der Waals surface area contributed by atoms with Crippen LogP contribution in [-0.2, 0) is 33.8 Å². The minimum Gasteiger partial charge on any atom is -0.482 e. The maximum Gasteiger partial charge on any atom is 0.343 e. The highest BCUT2D eigenvalue weighted by Gasteiger charge is 2.17. The molecule has 0 saturated heterocycles. The number of fused-ring (bicyclic) bond motifs is 3. The molecule has 0 unspecified atom stereocenters. The first-order chi connectivity index (χ1) is 18.5. The number of aryl methyl sites for hydroxylation is 1. The molecule has 0 spiro atoms. The number of carbonyl (C=O) groups is 1. The standard InChI is InChI=1S/C28H34ClN5O4/c1-36-17-12-24-32-26-27(22-6-3-4-7-23(22)31-28(26)30)34(24)15-5-14-33(16-13-29)18-20-8-10-21(11-9-20)38-19-25(35)37-2/h3-4,6-11H,5,12-19H2,1-2H3,(H2,30,31). The molecule has 0 radical (unpaired) electrons. The summed E-state index contributed by atoms with van der Waals surface area (Å²) in [5, 5.41) is 1.04. The Hall–Kier alpha value is -3.40. The average molecular weight is 540 g/mol. The van der Waals surface area contributed by atoms with Gasteiger partial charge in [0.1, 0.15) is 17.1 Å². The first-order valence-electron chi connectivity index (χ1n) is 12.6. The van der Waals surface area contributed by atoms with Crippen LogP contribution in [0.1, 0.15) is 17.8 Å². The molecule has 202 valence electrons. The Morgan fingerprint density at radius 2 is 1.87 bits per heavy atom. The van der Waals surface area contributed by atoms with Crippen molar-refractivity contribution in [1.29, 1.82) is 0 Å². The molecule has 2 N–H and O–H groups in total. The predicted molar refractivity (Wildman–Crippen MR) is 150 cm³/mol. The van der Waals surface area contributed by atoms with Gasteiger partial charge in [0.25, 0.3) is 0 Å².